The molecule has 100 valence electrons. The summed E-state index contributed by atoms with van der Waals surface area (Å²) in [5.41, 5.74) is 0.818. The van der Waals surface area contributed by atoms with Gasteiger partial charge in [0.1, 0.15) is 5.82 Å². The van der Waals surface area contributed by atoms with Gasteiger partial charge < -0.3 is 5.32 Å². The first kappa shape index (κ1) is 12.9. The molecule has 0 saturated carbocycles. The molecule has 0 aliphatic rings. The van der Waals surface area contributed by atoms with Gasteiger partial charge in [-0.3, -0.25) is 4.79 Å². The Labute approximate surface area is 124 Å². The number of carbonyl (C=O) groups excluding carboxylic acids is 1. The van der Waals surface area contributed by atoms with Crippen molar-refractivity contribution in [2.75, 3.05) is 5.32 Å². The first-order valence-electron chi connectivity index (χ1n) is 5.71. The molecule has 0 fully saturated rings. The second-order valence-corrected chi connectivity index (χ2v) is 4.82. The van der Waals surface area contributed by atoms with Crippen molar-refractivity contribution in [3.05, 3.63) is 58.5 Å². The summed E-state index contributed by atoms with van der Waals surface area (Å²) in [7, 11) is 0. The number of amides is 1. The van der Waals surface area contributed by atoms with Gasteiger partial charge in [-0.25, -0.2) is 9.50 Å². The summed E-state index contributed by atoms with van der Waals surface area (Å²) in [6.07, 6.45) is 3.17. The van der Waals surface area contributed by atoms with E-state index in [9.17, 15) is 4.79 Å². The predicted octanol–water partition coefficient (Wildman–Crippen LogP) is 3.29. The van der Waals surface area contributed by atoms with Gasteiger partial charge in [0.15, 0.2) is 5.69 Å². The predicted molar refractivity (Wildman–Crippen MR) is 77.4 cm³/mol. The van der Waals surface area contributed by atoms with Crippen LogP contribution in [-0.2, 0) is 0 Å². The third-order valence-corrected chi connectivity index (χ3v) is 3.26. The van der Waals surface area contributed by atoms with Gasteiger partial charge in [-0.05, 0) is 24.3 Å². The zero-order valence-electron chi connectivity index (χ0n) is 10.0. The second-order valence-electron chi connectivity index (χ2n) is 4.01. The third kappa shape index (κ3) is 2.33. The van der Waals surface area contributed by atoms with Crippen molar-refractivity contribution in [1.82, 2.24) is 14.6 Å². The van der Waals surface area contributed by atoms with Crippen molar-refractivity contribution < 1.29 is 4.79 Å². The number of nitrogens with zero attached hydrogens (tertiary/aromatic N) is 3. The molecule has 3 heterocycles. The van der Waals surface area contributed by atoms with Gasteiger partial charge in [-0.1, -0.05) is 29.3 Å². The van der Waals surface area contributed by atoms with Gasteiger partial charge in [-0.2, -0.15) is 5.10 Å². The average molecular weight is 307 g/mol. The van der Waals surface area contributed by atoms with E-state index < -0.39 is 5.91 Å². The van der Waals surface area contributed by atoms with E-state index in [1.54, 1.807) is 35.0 Å². The number of nitrogens with one attached hydrogen (secondary N) is 1. The molecule has 3 aromatic heterocycles. The molecular weight excluding hydrogens is 299 g/mol. The van der Waals surface area contributed by atoms with E-state index in [0.717, 1.165) is 0 Å². The Bertz CT molecular complexity index is 783. The topological polar surface area (TPSA) is 59.3 Å². The molecule has 3 rings (SSSR count). The molecule has 7 heteroatoms. The zero-order valence-corrected chi connectivity index (χ0v) is 11.6. The van der Waals surface area contributed by atoms with Crippen molar-refractivity contribution in [1.29, 1.82) is 0 Å². The first-order valence-corrected chi connectivity index (χ1v) is 6.46. The summed E-state index contributed by atoms with van der Waals surface area (Å²) in [5.74, 6) is -0.0407. The fourth-order valence-corrected chi connectivity index (χ4v) is 2.12. The van der Waals surface area contributed by atoms with E-state index in [4.69, 9.17) is 23.2 Å². The maximum atomic E-state index is 12.1. The second kappa shape index (κ2) is 5.11. The molecule has 0 spiro atoms. The first-order chi connectivity index (χ1) is 9.65. The van der Waals surface area contributed by atoms with E-state index in [-0.39, 0.29) is 5.69 Å². The SMILES string of the molecule is O=C(Nc1ccc(Cl)cn1)c1nn2ccccc2c1Cl. The van der Waals surface area contributed by atoms with E-state index in [1.807, 2.05) is 6.07 Å². The molecular formula is C13H8Cl2N4O. The van der Waals surface area contributed by atoms with E-state index in [2.05, 4.69) is 15.4 Å². The number of hydrogen-bond acceptors (Lipinski definition) is 3. The summed E-state index contributed by atoms with van der Waals surface area (Å²) in [6.45, 7) is 0. The quantitative estimate of drug-likeness (QED) is 0.790. The van der Waals surface area contributed by atoms with Crippen LogP contribution in [0.4, 0.5) is 5.82 Å². The molecule has 0 saturated heterocycles. The van der Waals surface area contributed by atoms with Gasteiger partial charge >= 0.3 is 0 Å². The van der Waals surface area contributed by atoms with Crippen LogP contribution in [0.1, 0.15) is 10.5 Å². The van der Waals surface area contributed by atoms with Crippen LogP contribution in [0.15, 0.2) is 42.7 Å². The van der Waals surface area contributed by atoms with Crippen molar-refractivity contribution in [3.63, 3.8) is 0 Å². The third-order valence-electron chi connectivity index (χ3n) is 2.66. The number of halogens is 2. The largest absolute Gasteiger partial charge is 0.305 e. The van der Waals surface area contributed by atoms with Gasteiger partial charge in [-0.15, -0.1) is 0 Å². The Hall–Kier alpha value is -2.11. The summed E-state index contributed by atoms with van der Waals surface area (Å²) in [5, 5.41) is 7.56. The van der Waals surface area contributed by atoms with Gasteiger partial charge in [0.25, 0.3) is 5.91 Å². The Morgan fingerprint density at radius 3 is 2.75 bits per heavy atom. The molecule has 0 unspecified atom stereocenters. The average Bonchev–Trinajstić information content (AvgIpc) is 2.79. The number of pyridine rings is 2. The highest BCUT2D eigenvalue weighted by Crippen LogP contribution is 2.22. The number of anilines is 1. The Morgan fingerprint density at radius 2 is 2.05 bits per heavy atom. The Kier molecular flexibility index (Phi) is 3.30. The smallest absolute Gasteiger partial charge is 0.278 e. The van der Waals surface area contributed by atoms with Crippen LogP contribution in [-0.4, -0.2) is 20.5 Å². The molecule has 1 N–H and O–H groups in total. The van der Waals surface area contributed by atoms with E-state index in [0.29, 0.717) is 21.4 Å². The maximum absolute atomic E-state index is 12.1. The lowest BCUT2D eigenvalue weighted by atomic mass is 10.3. The highest BCUT2D eigenvalue weighted by molar-refractivity contribution is 6.37. The van der Waals surface area contributed by atoms with E-state index in [1.165, 1.54) is 6.20 Å². The molecule has 0 aliphatic heterocycles. The number of hydrogen-bond donors (Lipinski definition) is 1. The van der Waals surface area contributed by atoms with Crippen LogP contribution in [0, 0.1) is 0 Å². The molecule has 0 aliphatic carbocycles. The standard InChI is InChI=1S/C13H8Cl2N4O/c14-8-4-5-10(16-7-8)17-13(20)12-11(15)9-3-1-2-6-19(9)18-12/h1-7H,(H,16,17,20). The van der Waals surface area contributed by atoms with Crippen molar-refractivity contribution in [2.24, 2.45) is 0 Å². The fraction of sp³-hybridized carbons (Fsp3) is 0. The summed E-state index contributed by atoms with van der Waals surface area (Å²) >= 11 is 11.9. The lowest BCUT2D eigenvalue weighted by Crippen LogP contribution is -2.14. The highest BCUT2D eigenvalue weighted by Gasteiger charge is 2.18. The van der Waals surface area contributed by atoms with E-state index >= 15 is 0 Å². The van der Waals surface area contributed by atoms with Crippen molar-refractivity contribution in [2.45, 2.75) is 0 Å². The molecule has 5 nitrogen and oxygen atoms in total. The van der Waals surface area contributed by atoms with Crippen molar-refractivity contribution >= 4 is 40.4 Å². The summed E-state index contributed by atoms with van der Waals surface area (Å²) in [6, 6.07) is 8.65. The number of carbonyl (C=O) groups is 1. The molecule has 0 radical (unpaired) electrons. The summed E-state index contributed by atoms with van der Waals surface area (Å²) in [4.78, 5) is 16.1. The maximum Gasteiger partial charge on any atom is 0.278 e. The highest BCUT2D eigenvalue weighted by atomic mass is 35.5. The Balaban J connectivity index is 1.92. The molecule has 0 atom stereocenters. The van der Waals surface area contributed by atoms with Crippen LogP contribution in [0.5, 0.6) is 0 Å². The molecule has 1 amide bonds. The van der Waals surface area contributed by atoms with Gasteiger partial charge in [0, 0.05) is 12.4 Å². The lowest BCUT2D eigenvalue weighted by Gasteiger charge is -2.01. The summed E-state index contributed by atoms with van der Waals surface area (Å²) < 4.78 is 1.55. The minimum Gasteiger partial charge on any atom is -0.305 e. The van der Waals surface area contributed by atoms with Gasteiger partial charge in [0.05, 0.1) is 15.6 Å². The van der Waals surface area contributed by atoms with Crippen LogP contribution in [0.25, 0.3) is 5.52 Å². The molecule has 0 aromatic carbocycles. The minimum atomic E-state index is -0.423. The zero-order chi connectivity index (χ0) is 14.1. The fourth-order valence-electron chi connectivity index (χ4n) is 1.74. The normalized spacial score (nSPS) is 10.7. The number of rotatable bonds is 2. The number of aromatic nitrogens is 3. The van der Waals surface area contributed by atoms with Crippen LogP contribution >= 0.6 is 23.2 Å². The Morgan fingerprint density at radius 1 is 1.20 bits per heavy atom. The molecule has 20 heavy (non-hydrogen) atoms. The van der Waals surface area contributed by atoms with Crippen LogP contribution in [0.2, 0.25) is 10.0 Å². The molecule has 0 bridgehead atoms. The van der Waals surface area contributed by atoms with Gasteiger partial charge in [0.2, 0.25) is 0 Å². The number of fused-ring (bicyclic) bond motifs is 1. The van der Waals surface area contributed by atoms with Crippen molar-refractivity contribution in [3.8, 4) is 0 Å². The lowest BCUT2D eigenvalue weighted by molar-refractivity contribution is 0.102. The van der Waals surface area contributed by atoms with Crippen LogP contribution in [0.3, 0.4) is 0 Å². The minimum absolute atomic E-state index is 0.148. The monoisotopic (exact) mass is 306 g/mol. The molecule has 3 aromatic rings. The van der Waals surface area contributed by atoms with Crippen LogP contribution < -0.4 is 5.32 Å².